The normalized spacial score (nSPS) is 11.0. The fourth-order valence-corrected chi connectivity index (χ4v) is 3.33. The van der Waals surface area contributed by atoms with Crippen LogP contribution in [-0.2, 0) is 9.59 Å². The first-order valence-corrected chi connectivity index (χ1v) is 11.7. The number of carbonyl (C=O) groups is 2. The molecule has 0 saturated heterocycles. The Bertz CT molecular complexity index is 1110. The van der Waals surface area contributed by atoms with Crippen LogP contribution < -0.4 is 14.4 Å². The predicted octanol–water partition coefficient (Wildman–Crippen LogP) is 5.85. The van der Waals surface area contributed by atoms with Gasteiger partial charge in [-0.1, -0.05) is 17.7 Å². The van der Waals surface area contributed by atoms with Gasteiger partial charge in [0.25, 0.3) is 0 Å². The zero-order valence-corrected chi connectivity index (χ0v) is 21.2. The molecule has 0 heterocycles. The smallest absolute Gasteiger partial charge is 0.163 e. The quantitative estimate of drug-likeness (QED) is 0.222. The van der Waals surface area contributed by atoms with E-state index >= 15 is 0 Å². The Morgan fingerprint density at radius 1 is 0.943 bits per heavy atom. The van der Waals surface area contributed by atoms with Crippen LogP contribution in [0.5, 0.6) is 17.2 Å². The maximum absolute atomic E-state index is 12.4. The monoisotopic (exact) mass is 477 g/mol. The van der Waals surface area contributed by atoms with Crippen molar-refractivity contribution < 1.29 is 24.2 Å². The van der Waals surface area contributed by atoms with Crippen molar-refractivity contribution in [1.29, 1.82) is 0 Å². The van der Waals surface area contributed by atoms with Crippen LogP contribution in [0.3, 0.4) is 0 Å². The molecule has 0 saturated carbocycles. The number of anilines is 1. The molecule has 35 heavy (non-hydrogen) atoms. The van der Waals surface area contributed by atoms with Crippen molar-refractivity contribution in [2.24, 2.45) is 0 Å². The second-order valence-electron chi connectivity index (χ2n) is 8.19. The van der Waals surface area contributed by atoms with Crippen LogP contribution in [0.25, 0.3) is 12.2 Å². The van der Waals surface area contributed by atoms with E-state index in [0.717, 1.165) is 29.9 Å². The standard InChI is InChI=1S/C29H35NO5/c1-6-30(7-2)24-12-10-23(28(19-24)35-17-16-21(3)4)11-14-26(32)20-25(31)13-8-22-9-15-27(33)29(18-22)34-5/h8-16,18-19,33H,6-7,17,20H2,1-5H3. The molecule has 0 amide bonds. The number of phenols is 1. The average Bonchev–Trinajstić information content (AvgIpc) is 2.83. The van der Waals surface area contributed by atoms with Gasteiger partial charge in [0.2, 0.25) is 0 Å². The number of ether oxygens (including phenoxy) is 2. The van der Waals surface area contributed by atoms with Gasteiger partial charge in [-0.25, -0.2) is 0 Å². The topological polar surface area (TPSA) is 76.1 Å². The highest BCUT2D eigenvalue weighted by Gasteiger charge is 2.09. The van der Waals surface area contributed by atoms with Gasteiger partial charge in [0, 0.05) is 30.4 Å². The Labute approximate surface area is 208 Å². The molecule has 0 atom stereocenters. The molecule has 0 fully saturated rings. The van der Waals surface area contributed by atoms with Crippen molar-refractivity contribution in [3.8, 4) is 17.2 Å². The number of hydrogen-bond donors (Lipinski definition) is 1. The van der Waals surface area contributed by atoms with Gasteiger partial charge in [0.1, 0.15) is 12.4 Å². The van der Waals surface area contributed by atoms with E-state index in [-0.39, 0.29) is 23.7 Å². The summed E-state index contributed by atoms with van der Waals surface area (Å²) in [6.45, 7) is 10.4. The maximum atomic E-state index is 12.4. The van der Waals surface area contributed by atoms with E-state index < -0.39 is 0 Å². The molecule has 0 radical (unpaired) electrons. The van der Waals surface area contributed by atoms with Crippen molar-refractivity contribution in [2.45, 2.75) is 34.1 Å². The number of carbonyl (C=O) groups excluding carboxylic acids is 2. The molecule has 2 rings (SSSR count). The van der Waals surface area contributed by atoms with Crippen LogP contribution in [-0.4, -0.2) is 43.5 Å². The van der Waals surface area contributed by atoms with Gasteiger partial charge in [0.15, 0.2) is 23.1 Å². The summed E-state index contributed by atoms with van der Waals surface area (Å²) in [4.78, 5) is 26.9. The maximum Gasteiger partial charge on any atom is 0.163 e. The Morgan fingerprint density at radius 3 is 2.26 bits per heavy atom. The first-order valence-electron chi connectivity index (χ1n) is 11.7. The molecule has 186 valence electrons. The molecule has 0 aliphatic carbocycles. The van der Waals surface area contributed by atoms with Crippen molar-refractivity contribution >= 4 is 29.4 Å². The van der Waals surface area contributed by atoms with Gasteiger partial charge in [-0.3, -0.25) is 9.59 Å². The number of hydrogen-bond acceptors (Lipinski definition) is 6. The Balaban J connectivity index is 2.11. The molecule has 0 aliphatic rings. The van der Waals surface area contributed by atoms with Gasteiger partial charge < -0.3 is 19.5 Å². The molecule has 0 aliphatic heterocycles. The van der Waals surface area contributed by atoms with E-state index in [4.69, 9.17) is 9.47 Å². The Morgan fingerprint density at radius 2 is 1.63 bits per heavy atom. The number of aromatic hydroxyl groups is 1. The number of methoxy groups -OCH3 is 1. The summed E-state index contributed by atoms with van der Waals surface area (Å²) in [7, 11) is 1.45. The lowest BCUT2D eigenvalue weighted by atomic mass is 10.1. The molecule has 0 spiro atoms. The van der Waals surface area contributed by atoms with Crippen LogP contribution in [0.2, 0.25) is 0 Å². The fourth-order valence-electron chi connectivity index (χ4n) is 3.33. The van der Waals surface area contributed by atoms with Gasteiger partial charge >= 0.3 is 0 Å². The van der Waals surface area contributed by atoms with Crippen LogP contribution >= 0.6 is 0 Å². The van der Waals surface area contributed by atoms with Crippen molar-refractivity contribution in [3.63, 3.8) is 0 Å². The first kappa shape index (κ1) is 27.4. The summed E-state index contributed by atoms with van der Waals surface area (Å²) in [5, 5.41) is 9.66. The molecule has 6 heteroatoms. The van der Waals surface area contributed by atoms with Gasteiger partial charge in [-0.15, -0.1) is 0 Å². The Kier molecular flexibility index (Phi) is 10.8. The van der Waals surface area contributed by atoms with Gasteiger partial charge in [-0.2, -0.15) is 0 Å². The number of allylic oxidation sites excluding steroid dienone is 3. The van der Waals surface area contributed by atoms with Gasteiger partial charge in [-0.05, 0) is 81.8 Å². The third kappa shape index (κ3) is 8.81. The molecular weight excluding hydrogens is 442 g/mol. The van der Waals surface area contributed by atoms with E-state index in [9.17, 15) is 14.7 Å². The highest BCUT2D eigenvalue weighted by molar-refractivity contribution is 6.11. The largest absolute Gasteiger partial charge is 0.504 e. The van der Waals surface area contributed by atoms with Crippen molar-refractivity contribution in [1.82, 2.24) is 0 Å². The zero-order chi connectivity index (χ0) is 25.8. The van der Waals surface area contributed by atoms with Crippen molar-refractivity contribution in [2.75, 3.05) is 31.7 Å². The van der Waals surface area contributed by atoms with E-state index in [1.165, 1.54) is 25.3 Å². The minimum Gasteiger partial charge on any atom is -0.504 e. The predicted molar refractivity (Wildman–Crippen MR) is 142 cm³/mol. The third-order valence-electron chi connectivity index (χ3n) is 5.32. The first-order chi connectivity index (χ1) is 16.8. The van der Waals surface area contributed by atoms with Crippen LogP contribution in [0, 0.1) is 0 Å². The summed E-state index contributed by atoms with van der Waals surface area (Å²) in [6.07, 6.45) is 7.79. The highest BCUT2D eigenvalue weighted by Crippen LogP contribution is 2.28. The third-order valence-corrected chi connectivity index (χ3v) is 5.32. The van der Waals surface area contributed by atoms with Crippen LogP contribution in [0.4, 0.5) is 5.69 Å². The van der Waals surface area contributed by atoms with Crippen LogP contribution in [0.1, 0.15) is 45.2 Å². The molecular formula is C29H35NO5. The SMILES string of the molecule is CCN(CC)c1ccc(C=CC(=O)CC(=O)C=Cc2ccc(O)c(OC)c2)c(OCC=C(C)C)c1. The van der Waals surface area contributed by atoms with Gasteiger partial charge in [0.05, 0.1) is 13.5 Å². The summed E-state index contributed by atoms with van der Waals surface area (Å²) in [6, 6.07) is 10.7. The minimum absolute atomic E-state index is 0.0191. The molecule has 0 aromatic heterocycles. The van der Waals surface area contributed by atoms with E-state index in [1.54, 1.807) is 24.3 Å². The average molecular weight is 478 g/mol. The number of rotatable bonds is 13. The molecule has 1 N–H and O–H groups in total. The number of benzene rings is 2. The number of phenolic OH excluding ortho intramolecular Hbond substituents is 1. The number of nitrogens with zero attached hydrogens (tertiary/aromatic N) is 1. The number of ketones is 2. The second-order valence-corrected chi connectivity index (χ2v) is 8.19. The van der Waals surface area contributed by atoms with Crippen molar-refractivity contribution in [3.05, 3.63) is 71.3 Å². The van der Waals surface area contributed by atoms with E-state index in [2.05, 4.69) is 18.7 Å². The lowest BCUT2D eigenvalue weighted by Gasteiger charge is -2.22. The van der Waals surface area contributed by atoms with Crippen LogP contribution in [0.15, 0.2) is 60.2 Å². The molecule has 2 aromatic carbocycles. The summed E-state index contributed by atoms with van der Waals surface area (Å²) in [5.74, 6) is 0.400. The molecule has 2 aromatic rings. The molecule has 0 unspecified atom stereocenters. The lowest BCUT2D eigenvalue weighted by Crippen LogP contribution is -2.21. The zero-order valence-electron chi connectivity index (χ0n) is 21.2. The molecule has 0 bridgehead atoms. The van der Waals surface area contributed by atoms with E-state index in [1.807, 2.05) is 38.1 Å². The molecule has 6 nitrogen and oxygen atoms in total. The lowest BCUT2D eigenvalue weighted by molar-refractivity contribution is -0.121. The second kappa shape index (κ2) is 13.8. The summed E-state index contributed by atoms with van der Waals surface area (Å²) < 4.78 is 11.0. The fraction of sp³-hybridized carbons (Fsp3) is 0.310. The highest BCUT2D eigenvalue weighted by atomic mass is 16.5. The summed E-state index contributed by atoms with van der Waals surface area (Å²) >= 11 is 0. The summed E-state index contributed by atoms with van der Waals surface area (Å²) in [5.41, 5.74) is 3.67. The van der Waals surface area contributed by atoms with E-state index in [0.29, 0.717) is 23.7 Å². The Hall–Kier alpha value is -3.80. The minimum atomic E-state index is -0.316.